The van der Waals surface area contributed by atoms with Gasteiger partial charge in [-0.2, -0.15) is 5.10 Å². The number of fused-ring (bicyclic) bond motifs is 2. The molecule has 0 saturated heterocycles. The number of aromatic nitrogens is 3. The predicted octanol–water partition coefficient (Wildman–Crippen LogP) is 4.25. The molecule has 1 aliphatic heterocycles. The van der Waals surface area contributed by atoms with E-state index in [9.17, 15) is 9.59 Å². The van der Waals surface area contributed by atoms with Gasteiger partial charge in [0.1, 0.15) is 0 Å². The Morgan fingerprint density at radius 1 is 1.09 bits per heavy atom. The van der Waals surface area contributed by atoms with Crippen LogP contribution in [0.2, 0.25) is 0 Å². The number of nitrogens with zero attached hydrogens (tertiary/aromatic N) is 4. The number of benzene rings is 2. The molecular weight excluding hydrogens is 416 g/mol. The fourth-order valence-electron chi connectivity index (χ4n) is 4.27. The number of carbonyl (C=O) groups excluding carboxylic acids is 2. The molecule has 1 atom stereocenters. The van der Waals surface area contributed by atoms with Gasteiger partial charge in [0.05, 0.1) is 22.8 Å². The zero-order valence-electron chi connectivity index (χ0n) is 18.6. The van der Waals surface area contributed by atoms with Gasteiger partial charge in [-0.3, -0.25) is 4.79 Å². The number of anilines is 1. The molecule has 0 fully saturated rings. The van der Waals surface area contributed by atoms with E-state index in [1.54, 1.807) is 28.8 Å². The average molecular weight is 441 g/mol. The third kappa shape index (κ3) is 3.75. The number of carbonyl (C=O) groups is 2. The molecule has 0 N–H and O–H groups in total. The van der Waals surface area contributed by atoms with Gasteiger partial charge in [-0.15, -0.1) is 0 Å². The highest BCUT2D eigenvalue weighted by Gasteiger charge is 2.30. The maximum atomic E-state index is 13.3. The summed E-state index contributed by atoms with van der Waals surface area (Å²) in [7, 11) is 0. The zero-order chi connectivity index (χ0) is 22.9. The van der Waals surface area contributed by atoms with Crippen LogP contribution in [-0.2, 0) is 22.5 Å². The summed E-state index contributed by atoms with van der Waals surface area (Å²) in [6.07, 6.45) is 1.50. The standard InChI is InChI=1S/C26H24N4O3/c1-3-30-24-21(16-27-30)20(15-22(28-24)18-9-5-4-6-10-18)26(32)33-17(2)25(31)29-14-13-19-11-7-8-12-23(19)29/h4-12,15-17H,3,13-14H2,1-2H3. The smallest absolute Gasteiger partial charge is 0.339 e. The van der Waals surface area contributed by atoms with Gasteiger partial charge in [-0.1, -0.05) is 48.5 Å². The van der Waals surface area contributed by atoms with Crippen molar-refractivity contribution in [1.82, 2.24) is 14.8 Å². The Bertz CT molecular complexity index is 1350. The lowest BCUT2D eigenvalue weighted by atomic mass is 10.1. The molecule has 7 heteroatoms. The van der Waals surface area contributed by atoms with Crippen molar-refractivity contribution in [1.29, 1.82) is 0 Å². The number of rotatable bonds is 5. The van der Waals surface area contributed by atoms with Crippen LogP contribution in [0.15, 0.2) is 66.9 Å². The largest absolute Gasteiger partial charge is 0.449 e. The first kappa shape index (κ1) is 20.9. The van der Waals surface area contributed by atoms with Gasteiger partial charge in [0.15, 0.2) is 11.8 Å². The minimum Gasteiger partial charge on any atom is -0.449 e. The van der Waals surface area contributed by atoms with E-state index in [1.807, 2.05) is 61.5 Å². The molecular formula is C26H24N4O3. The lowest BCUT2D eigenvalue weighted by molar-refractivity contribution is -0.126. The van der Waals surface area contributed by atoms with Crippen molar-refractivity contribution in [3.05, 3.63) is 78.0 Å². The molecule has 0 saturated carbocycles. The Labute approximate surface area is 191 Å². The summed E-state index contributed by atoms with van der Waals surface area (Å²) >= 11 is 0. The van der Waals surface area contributed by atoms with E-state index >= 15 is 0 Å². The number of pyridine rings is 1. The van der Waals surface area contributed by atoms with Gasteiger partial charge in [-0.05, 0) is 38.0 Å². The van der Waals surface area contributed by atoms with E-state index < -0.39 is 12.1 Å². The van der Waals surface area contributed by atoms with E-state index in [-0.39, 0.29) is 5.91 Å². The first-order valence-corrected chi connectivity index (χ1v) is 11.1. The van der Waals surface area contributed by atoms with Crippen LogP contribution >= 0.6 is 0 Å². The van der Waals surface area contributed by atoms with Crippen LogP contribution in [0.1, 0.15) is 29.8 Å². The second-order valence-corrected chi connectivity index (χ2v) is 8.03. The molecule has 2 aromatic carbocycles. The molecule has 33 heavy (non-hydrogen) atoms. The minimum atomic E-state index is -0.923. The summed E-state index contributed by atoms with van der Waals surface area (Å²) in [5, 5.41) is 4.97. The fraction of sp³-hybridized carbons (Fsp3) is 0.231. The summed E-state index contributed by atoms with van der Waals surface area (Å²) < 4.78 is 7.42. The first-order valence-electron chi connectivity index (χ1n) is 11.1. The minimum absolute atomic E-state index is 0.230. The van der Waals surface area contributed by atoms with Gasteiger partial charge >= 0.3 is 5.97 Å². The van der Waals surface area contributed by atoms with Crippen molar-refractivity contribution in [3.8, 4) is 11.3 Å². The maximum absolute atomic E-state index is 13.3. The van der Waals surface area contributed by atoms with E-state index in [2.05, 4.69) is 5.10 Å². The van der Waals surface area contributed by atoms with Crippen LogP contribution in [0.4, 0.5) is 5.69 Å². The number of ether oxygens (including phenoxy) is 1. The Morgan fingerprint density at radius 3 is 2.64 bits per heavy atom. The Kier molecular flexibility index (Phi) is 5.38. The molecule has 7 nitrogen and oxygen atoms in total. The molecule has 166 valence electrons. The lowest BCUT2D eigenvalue weighted by Crippen LogP contribution is -2.39. The topological polar surface area (TPSA) is 77.3 Å². The maximum Gasteiger partial charge on any atom is 0.339 e. The molecule has 3 heterocycles. The SMILES string of the molecule is CCn1ncc2c(C(=O)OC(C)C(=O)N3CCc4ccccc43)cc(-c3ccccc3)nc21. The van der Waals surface area contributed by atoms with Crippen molar-refractivity contribution < 1.29 is 14.3 Å². The van der Waals surface area contributed by atoms with Crippen molar-refractivity contribution in [3.63, 3.8) is 0 Å². The second-order valence-electron chi connectivity index (χ2n) is 8.03. The van der Waals surface area contributed by atoms with Gasteiger partial charge < -0.3 is 9.64 Å². The number of para-hydroxylation sites is 1. The van der Waals surface area contributed by atoms with Gasteiger partial charge in [0.2, 0.25) is 0 Å². The number of hydrogen-bond donors (Lipinski definition) is 0. The van der Waals surface area contributed by atoms with E-state index in [1.165, 1.54) is 0 Å². The van der Waals surface area contributed by atoms with E-state index in [0.29, 0.717) is 35.4 Å². The molecule has 1 unspecified atom stereocenters. The molecule has 1 amide bonds. The zero-order valence-corrected chi connectivity index (χ0v) is 18.6. The molecule has 0 bridgehead atoms. The Hall–Kier alpha value is -4.00. The highest BCUT2D eigenvalue weighted by Crippen LogP contribution is 2.29. The second kappa shape index (κ2) is 8.50. The number of esters is 1. The van der Waals surface area contributed by atoms with Crippen LogP contribution < -0.4 is 4.90 Å². The predicted molar refractivity (Wildman–Crippen MR) is 126 cm³/mol. The van der Waals surface area contributed by atoms with Crippen LogP contribution in [0.3, 0.4) is 0 Å². The Balaban J connectivity index is 1.46. The fourth-order valence-corrected chi connectivity index (χ4v) is 4.27. The van der Waals surface area contributed by atoms with Gasteiger partial charge in [-0.25, -0.2) is 14.5 Å². The third-order valence-electron chi connectivity index (χ3n) is 5.98. The van der Waals surface area contributed by atoms with Crippen molar-refractivity contribution in [2.75, 3.05) is 11.4 Å². The summed E-state index contributed by atoms with van der Waals surface area (Å²) in [5.41, 5.74) is 4.50. The van der Waals surface area contributed by atoms with Gasteiger partial charge in [0, 0.05) is 24.3 Å². The van der Waals surface area contributed by atoms with Crippen LogP contribution in [0.25, 0.3) is 22.3 Å². The molecule has 0 aliphatic carbocycles. The highest BCUT2D eigenvalue weighted by atomic mass is 16.5. The van der Waals surface area contributed by atoms with E-state index in [4.69, 9.17) is 9.72 Å². The summed E-state index contributed by atoms with van der Waals surface area (Å²) in [5.74, 6) is -0.797. The van der Waals surface area contributed by atoms with Gasteiger partial charge in [0.25, 0.3) is 5.91 Å². The van der Waals surface area contributed by atoms with Crippen LogP contribution in [0, 0.1) is 0 Å². The molecule has 5 rings (SSSR count). The monoisotopic (exact) mass is 440 g/mol. The molecule has 1 aliphatic rings. The lowest BCUT2D eigenvalue weighted by Gasteiger charge is -2.22. The molecule has 2 aromatic heterocycles. The van der Waals surface area contributed by atoms with E-state index in [0.717, 1.165) is 23.2 Å². The third-order valence-corrected chi connectivity index (χ3v) is 5.98. The molecule has 0 spiro atoms. The summed E-state index contributed by atoms with van der Waals surface area (Å²) in [6.45, 7) is 4.79. The highest BCUT2D eigenvalue weighted by molar-refractivity contribution is 6.06. The normalized spacial score (nSPS) is 13.7. The first-order chi connectivity index (χ1) is 16.1. The summed E-state index contributed by atoms with van der Waals surface area (Å²) in [6, 6.07) is 19.2. The molecule has 0 radical (unpaired) electrons. The number of hydrogen-bond acceptors (Lipinski definition) is 5. The average Bonchev–Trinajstić information content (AvgIpc) is 3.47. The van der Waals surface area contributed by atoms with Crippen LogP contribution in [-0.4, -0.2) is 39.3 Å². The quantitative estimate of drug-likeness (QED) is 0.434. The van der Waals surface area contributed by atoms with Crippen molar-refractivity contribution in [2.45, 2.75) is 32.9 Å². The number of amides is 1. The van der Waals surface area contributed by atoms with Crippen LogP contribution in [0.5, 0.6) is 0 Å². The van der Waals surface area contributed by atoms with Crippen molar-refractivity contribution in [2.24, 2.45) is 0 Å². The number of aryl methyl sites for hydroxylation is 1. The van der Waals surface area contributed by atoms with Crippen molar-refractivity contribution >= 4 is 28.6 Å². The molecule has 4 aromatic rings. The Morgan fingerprint density at radius 2 is 1.85 bits per heavy atom. The summed E-state index contributed by atoms with van der Waals surface area (Å²) in [4.78, 5) is 32.8.